The number of benzene rings is 1. The molecule has 4 saturated carbocycles. The Morgan fingerprint density at radius 1 is 1.11 bits per heavy atom. The fraction of sp³-hybridized carbons (Fsp3) is 0.565. The molecule has 6 rings (SSSR count). The number of carbonyl (C=O) groups excluding carboxylic acids is 1. The van der Waals surface area contributed by atoms with Gasteiger partial charge in [0, 0.05) is 5.54 Å². The summed E-state index contributed by atoms with van der Waals surface area (Å²) in [4.78, 5) is 13.1. The lowest BCUT2D eigenvalue weighted by Crippen LogP contribution is -2.60. The fourth-order valence-electron chi connectivity index (χ4n) is 6.09. The largest absolute Gasteiger partial charge is 0.489 e. The van der Waals surface area contributed by atoms with E-state index in [1.165, 1.54) is 24.8 Å². The van der Waals surface area contributed by atoms with E-state index in [0.717, 1.165) is 48.3 Å². The van der Waals surface area contributed by atoms with Gasteiger partial charge < -0.3 is 14.6 Å². The van der Waals surface area contributed by atoms with Crippen LogP contribution in [0, 0.1) is 31.6 Å². The van der Waals surface area contributed by atoms with E-state index in [0.29, 0.717) is 11.5 Å². The number of ether oxygens (including phenoxy) is 1. The fourth-order valence-corrected chi connectivity index (χ4v) is 6.09. The van der Waals surface area contributed by atoms with Crippen LogP contribution < -0.4 is 10.1 Å². The molecule has 1 aromatic heterocycles. The monoisotopic (exact) mass is 380 g/mol. The standard InChI is InChI=1S/C23H28N2O3/c1-14-3-5-19(6-4-14)27-13-20-15(2)28-25-21(20)22(26)24-23-10-16-7-17(11-23)9-18(8-16)12-23/h3-6,16-18H,7-13H2,1-2H3,(H,24,26). The molecule has 5 nitrogen and oxygen atoms in total. The summed E-state index contributed by atoms with van der Waals surface area (Å²) in [6.07, 6.45) is 7.43. The molecule has 4 aliphatic carbocycles. The van der Waals surface area contributed by atoms with Gasteiger partial charge in [0.15, 0.2) is 5.69 Å². The molecule has 148 valence electrons. The first-order chi connectivity index (χ1) is 13.5. The average molecular weight is 380 g/mol. The van der Waals surface area contributed by atoms with Crippen molar-refractivity contribution in [2.24, 2.45) is 17.8 Å². The molecule has 1 aromatic carbocycles. The molecule has 0 saturated heterocycles. The minimum atomic E-state index is -0.110. The summed E-state index contributed by atoms with van der Waals surface area (Å²) in [5, 5.41) is 7.46. The molecule has 2 aromatic rings. The maximum Gasteiger partial charge on any atom is 0.274 e. The first kappa shape index (κ1) is 17.8. The Hall–Kier alpha value is -2.30. The van der Waals surface area contributed by atoms with Gasteiger partial charge in [-0.15, -0.1) is 0 Å². The number of aryl methyl sites for hydroxylation is 2. The minimum Gasteiger partial charge on any atom is -0.489 e. The molecule has 0 unspecified atom stereocenters. The van der Waals surface area contributed by atoms with Gasteiger partial charge in [0.1, 0.15) is 18.1 Å². The van der Waals surface area contributed by atoms with Crippen LogP contribution in [0.2, 0.25) is 0 Å². The number of hydrogen-bond donors (Lipinski definition) is 1. The summed E-state index contributed by atoms with van der Waals surface area (Å²) < 4.78 is 11.2. The lowest BCUT2D eigenvalue weighted by molar-refractivity contribution is -0.0168. The van der Waals surface area contributed by atoms with Crippen LogP contribution >= 0.6 is 0 Å². The van der Waals surface area contributed by atoms with Gasteiger partial charge in [0.05, 0.1) is 5.56 Å². The molecule has 0 radical (unpaired) electrons. The SMILES string of the molecule is Cc1ccc(OCc2c(C(=O)NC34CC5CC(CC(C5)C3)C4)noc2C)cc1. The van der Waals surface area contributed by atoms with Crippen LogP contribution in [0.1, 0.15) is 65.9 Å². The smallest absolute Gasteiger partial charge is 0.274 e. The predicted molar refractivity (Wildman–Crippen MR) is 105 cm³/mol. The number of aromatic nitrogens is 1. The van der Waals surface area contributed by atoms with Crippen LogP contribution in [-0.2, 0) is 6.61 Å². The molecule has 0 atom stereocenters. The lowest BCUT2D eigenvalue weighted by atomic mass is 9.53. The third-order valence-corrected chi connectivity index (χ3v) is 7.02. The van der Waals surface area contributed by atoms with Gasteiger partial charge >= 0.3 is 0 Å². The molecule has 5 heteroatoms. The number of rotatable bonds is 5. The Kier molecular flexibility index (Phi) is 4.22. The summed E-state index contributed by atoms with van der Waals surface area (Å²) in [5.41, 5.74) is 2.26. The zero-order valence-corrected chi connectivity index (χ0v) is 16.7. The highest BCUT2D eigenvalue weighted by molar-refractivity contribution is 5.94. The second-order valence-electron chi connectivity index (χ2n) is 9.32. The summed E-state index contributed by atoms with van der Waals surface area (Å²) in [6, 6.07) is 7.90. The third kappa shape index (κ3) is 3.21. The van der Waals surface area contributed by atoms with Gasteiger partial charge in [0.2, 0.25) is 0 Å². The number of nitrogens with one attached hydrogen (secondary N) is 1. The third-order valence-electron chi connectivity index (χ3n) is 7.02. The van der Waals surface area contributed by atoms with E-state index in [1.807, 2.05) is 38.1 Å². The van der Waals surface area contributed by atoms with Gasteiger partial charge in [-0.3, -0.25) is 4.79 Å². The van der Waals surface area contributed by atoms with E-state index in [4.69, 9.17) is 9.26 Å². The molecular formula is C23H28N2O3. The lowest BCUT2D eigenvalue weighted by Gasteiger charge is -2.56. The highest BCUT2D eigenvalue weighted by atomic mass is 16.5. The molecule has 0 spiro atoms. The Morgan fingerprint density at radius 3 is 2.32 bits per heavy atom. The molecule has 4 aliphatic rings. The zero-order valence-electron chi connectivity index (χ0n) is 16.7. The summed E-state index contributed by atoms with van der Waals surface area (Å²) in [6.45, 7) is 4.16. The summed E-state index contributed by atoms with van der Waals surface area (Å²) in [5.74, 6) is 3.67. The van der Waals surface area contributed by atoms with E-state index in [1.54, 1.807) is 0 Å². The van der Waals surface area contributed by atoms with Crippen molar-refractivity contribution in [3.63, 3.8) is 0 Å². The van der Waals surface area contributed by atoms with E-state index in [-0.39, 0.29) is 18.1 Å². The average Bonchev–Trinajstić information content (AvgIpc) is 3.00. The van der Waals surface area contributed by atoms with Gasteiger partial charge in [-0.1, -0.05) is 22.9 Å². The van der Waals surface area contributed by atoms with Crippen molar-refractivity contribution in [1.29, 1.82) is 0 Å². The van der Waals surface area contributed by atoms with Gasteiger partial charge in [-0.2, -0.15) is 0 Å². The van der Waals surface area contributed by atoms with Crippen LogP contribution in [-0.4, -0.2) is 16.6 Å². The van der Waals surface area contributed by atoms with Crippen molar-refractivity contribution in [2.75, 3.05) is 0 Å². The number of hydrogen-bond acceptors (Lipinski definition) is 4. The van der Waals surface area contributed by atoms with Crippen molar-refractivity contribution < 1.29 is 14.1 Å². The van der Waals surface area contributed by atoms with Gasteiger partial charge in [0.25, 0.3) is 5.91 Å². The summed E-state index contributed by atoms with van der Waals surface area (Å²) in [7, 11) is 0. The van der Waals surface area contributed by atoms with Crippen molar-refractivity contribution in [1.82, 2.24) is 10.5 Å². The highest BCUT2D eigenvalue weighted by Gasteiger charge is 2.51. The predicted octanol–water partition coefficient (Wildman–Crippen LogP) is 4.57. The molecule has 1 heterocycles. The van der Waals surface area contributed by atoms with E-state index in [9.17, 15) is 4.79 Å². The van der Waals surface area contributed by atoms with E-state index in [2.05, 4.69) is 10.5 Å². The van der Waals surface area contributed by atoms with Gasteiger partial charge in [-0.05, 0) is 82.3 Å². The van der Waals surface area contributed by atoms with Crippen LogP contribution in [0.25, 0.3) is 0 Å². The molecule has 1 N–H and O–H groups in total. The zero-order chi connectivity index (χ0) is 19.3. The quantitative estimate of drug-likeness (QED) is 0.825. The second-order valence-corrected chi connectivity index (χ2v) is 9.32. The van der Waals surface area contributed by atoms with Crippen molar-refractivity contribution in [3.8, 4) is 5.75 Å². The minimum absolute atomic E-state index is 0.0340. The van der Waals surface area contributed by atoms with Crippen molar-refractivity contribution in [2.45, 2.75) is 64.5 Å². The molecular weight excluding hydrogens is 352 g/mol. The first-order valence-corrected chi connectivity index (χ1v) is 10.5. The molecule has 1 amide bonds. The van der Waals surface area contributed by atoms with E-state index < -0.39 is 0 Å². The van der Waals surface area contributed by atoms with Crippen LogP contribution in [0.3, 0.4) is 0 Å². The Labute approximate surface area is 165 Å². The van der Waals surface area contributed by atoms with Crippen molar-refractivity contribution in [3.05, 3.63) is 46.8 Å². The molecule has 4 fully saturated rings. The Morgan fingerprint density at radius 2 is 1.71 bits per heavy atom. The topological polar surface area (TPSA) is 64.4 Å². The maximum absolute atomic E-state index is 13.1. The number of carbonyl (C=O) groups is 1. The molecule has 0 aliphatic heterocycles. The summed E-state index contributed by atoms with van der Waals surface area (Å²) >= 11 is 0. The Bertz CT molecular complexity index is 848. The second kappa shape index (κ2) is 6.64. The molecule has 28 heavy (non-hydrogen) atoms. The first-order valence-electron chi connectivity index (χ1n) is 10.5. The normalized spacial score (nSPS) is 30.4. The molecule has 4 bridgehead atoms. The van der Waals surface area contributed by atoms with Crippen LogP contribution in [0.5, 0.6) is 5.75 Å². The van der Waals surface area contributed by atoms with Crippen LogP contribution in [0.15, 0.2) is 28.8 Å². The van der Waals surface area contributed by atoms with Gasteiger partial charge in [-0.25, -0.2) is 0 Å². The van der Waals surface area contributed by atoms with E-state index >= 15 is 0 Å². The number of nitrogens with zero attached hydrogens (tertiary/aromatic N) is 1. The van der Waals surface area contributed by atoms with Crippen molar-refractivity contribution >= 4 is 5.91 Å². The highest BCUT2D eigenvalue weighted by Crippen LogP contribution is 2.55. The number of amides is 1. The maximum atomic E-state index is 13.1. The van der Waals surface area contributed by atoms with Crippen LogP contribution in [0.4, 0.5) is 0 Å². The Balaban J connectivity index is 1.31.